The summed E-state index contributed by atoms with van der Waals surface area (Å²) in [6, 6.07) is 10.3. The molecule has 2 aromatic carbocycles. The van der Waals surface area contributed by atoms with Crippen LogP contribution in [0.2, 0.25) is 0 Å². The first-order chi connectivity index (χ1) is 18.4. The van der Waals surface area contributed by atoms with E-state index in [1.165, 1.54) is 0 Å². The van der Waals surface area contributed by atoms with E-state index in [1.54, 1.807) is 49.9 Å². The third-order valence-corrected chi connectivity index (χ3v) is 6.79. The number of aryl methyl sites for hydroxylation is 2. The molecular formula is C32H45N3O5. The van der Waals surface area contributed by atoms with Crippen LogP contribution < -0.4 is 10.6 Å². The van der Waals surface area contributed by atoms with Crippen molar-refractivity contribution >= 4 is 17.9 Å². The van der Waals surface area contributed by atoms with E-state index in [2.05, 4.69) is 17.6 Å². The van der Waals surface area contributed by atoms with E-state index in [0.29, 0.717) is 0 Å². The molecule has 0 bridgehead atoms. The van der Waals surface area contributed by atoms with Crippen molar-refractivity contribution in [3.05, 3.63) is 64.7 Å². The van der Waals surface area contributed by atoms with Gasteiger partial charge in [-0.05, 0) is 96.6 Å². The molecule has 4 unspecified atom stereocenters. The maximum atomic E-state index is 14.5. The van der Waals surface area contributed by atoms with E-state index in [4.69, 9.17) is 4.74 Å². The number of alkyl carbamates (subject to hydrolysis) is 1. The van der Waals surface area contributed by atoms with Gasteiger partial charge in [-0.25, -0.2) is 4.79 Å². The van der Waals surface area contributed by atoms with Crippen molar-refractivity contribution in [3.63, 3.8) is 0 Å². The van der Waals surface area contributed by atoms with Crippen LogP contribution in [0.3, 0.4) is 0 Å². The molecule has 218 valence electrons. The monoisotopic (exact) mass is 551 g/mol. The number of benzene rings is 2. The quantitative estimate of drug-likeness (QED) is 0.411. The summed E-state index contributed by atoms with van der Waals surface area (Å²) in [6.07, 6.45) is 0.209. The molecule has 8 heteroatoms. The first-order valence-corrected chi connectivity index (χ1v) is 13.9. The van der Waals surface area contributed by atoms with Gasteiger partial charge in [-0.15, -0.1) is 0 Å². The predicted molar refractivity (Wildman–Crippen MR) is 156 cm³/mol. The minimum atomic E-state index is -0.997. The van der Waals surface area contributed by atoms with Crippen LogP contribution >= 0.6 is 0 Å². The SMILES string of the molecule is Cc1ccc(C(C(=O)NC(C)(C)C)N(C(=O)C(Cc2ccc(O)cc2)NC(=O)OC(C)(C)C)C2CC2C)c(C)c1. The van der Waals surface area contributed by atoms with Gasteiger partial charge >= 0.3 is 6.09 Å². The Hall–Kier alpha value is -3.55. The number of rotatable bonds is 8. The molecule has 2 aromatic rings. The molecule has 1 aliphatic carbocycles. The smallest absolute Gasteiger partial charge is 0.408 e. The molecule has 0 saturated heterocycles. The normalized spacial score (nSPS) is 18.3. The van der Waals surface area contributed by atoms with Crippen LogP contribution in [-0.4, -0.2) is 51.1 Å². The molecule has 3 N–H and O–H groups in total. The van der Waals surface area contributed by atoms with Crippen LogP contribution in [0.25, 0.3) is 0 Å². The number of carbonyl (C=O) groups is 3. The number of hydrogen-bond donors (Lipinski definition) is 3. The van der Waals surface area contributed by atoms with Crippen LogP contribution in [0, 0.1) is 19.8 Å². The van der Waals surface area contributed by atoms with Crippen LogP contribution in [0.1, 0.15) is 83.2 Å². The van der Waals surface area contributed by atoms with Crippen LogP contribution in [0.5, 0.6) is 5.75 Å². The highest BCUT2D eigenvalue weighted by atomic mass is 16.6. The molecule has 0 heterocycles. The van der Waals surface area contributed by atoms with Crippen molar-refractivity contribution in [1.82, 2.24) is 15.5 Å². The number of ether oxygens (including phenoxy) is 1. The average molecular weight is 552 g/mol. The van der Waals surface area contributed by atoms with Crippen molar-refractivity contribution in [2.45, 2.75) is 104 Å². The first-order valence-electron chi connectivity index (χ1n) is 13.9. The molecule has 1 aliphatic rings. The summed E-state index contributed by atoms with van der Waals surface area (Å²) in [5, 5.41) is 15.6. The summed E-state index contributed by atoms with van der Waals surface area (Å²) in [5.41, 5.74) is 2.20. The zero-order valence-electron chi connectivity index (χ0n) is 25.3. The molecule has 0 spiro atoms. The highest BCUT2D eigenvalue weighted by molar-refractivity contribution is 5.93. The molecule has 0 aliphatic heterocycles. The van der Waals surface area contributed by atoms with Gasteiger partial charge in [0.1, 0.15) is 23.4 Å². The lowest BCUT2D eigenvalue weighted by Gasteiger charge is -2.37. The molecule has 4 atom stereocenters. The number of aromatic hydroxyl groups is 1. The summed E-state index contributed by atoms with van der Waals surface area (Å²) in [5.74, 6) is -0.320. The van der Waals surface area contributed by atoms with Crippen LogP contribution in [-0.2, 0) is 20.7 Å². The number of phenols is 1. The maximum Gasteiger partial charge on any atom is 0.408 e. The first kappa shape index (κ1) is 31.0. The second-order valence-electron chi connectivity index (χ2n) is 13.1. The summed E-state index contributed by atoms with van der Waals surface area (Å²) in [7, 11) is 0. The molecule has 1 saturated carbocycles. The van der Waals surface area contributed by atoms with E-state index in [0.717, 1.165) is 28.7 Å². The molecule has 8 nitrogen and oxygen atoms in total. The summed E-state index contributed by atoms with van der Waals surface area (Å²) >= 11 is 0. The lowest BCUT2D eigenvalue weighted by Crippen LogP contribution is -2.56. The van der Waals surface area contributed by atoms with Gasteiger partial charge < -0.3 is 25.4 Å². The number of phenolic OH excluding ortho intramolecular Hbond substituents is 1. The van der Waals surface area contributed by atoms with Gasteiger partial charge in [0, 0.05) is 18.0 Å². The van der Waals surface area contributed by atoms with Crippen LogP contribution in [0.4, 0.5) is 4.79 Å². The maximum absolute atomic E-state index is 14.5. The number of nitrogens with one attached hydrogen (secondary N) is 2. The van der Waals surface area contributed by atoms with Crippen LogP contribution in [0.15, 0.2) is 42.5 Å². The van der Waals surface area contributed by atoms with E-state index in [9.17, 15) is 19.5 Å². The highest BCUT2D eigenvalue weighted by Gasteiger charge is 2.48. The van der Waals surface area contributed by atoms with Crippen molar-refractivity contribution in [3.8, 4) is 5.75 Å². The lowest BCUT2D eigenvalue weighted by molar-refractivity contribution is -0.144. The Morgan fingerprint density at radius 2 is 1.62 bits per heavy atom. The van der Waals surface area contributed by atoms with Crippen molar-refractivity contribution in [2.24, 2.45) is 5.92 Å². The predicted octanol–water partition coefficient (Wildman–Crippen LogP) is 5.34. The molecule has 0 aromatic heterocycles. The molecule has 1 fully saturated rings. The Kier molecular flexibility index (Phi) is 9.22. The fourth-order valence-corrected chi connectivity index (χ4v) is 4.86. The second-order valence-corrected chi connectivity index (χ2v) is 13.1. The Balaban J connectivity index is 2.09. The largest absolute Gasteiger partial charge is 0.508 e. The fourth-order valence-electron chi connectivity index (χ4n) is 4.86. The van der Waals surface area contributed by atoms with E-state index in [1.807, 2.05) is 52.8 Å². The Morgan fingerprint density at radius 3 is 2.12 bits per heavy atom. The molecule has 3 rings (SSSR count). The Morgan fingerprint density at radius 1 is 1.02 bits per heavy atom. The molecule has 40 heavy (non-hydrogen) atoms. The van der Waals surface area contributed by atoms with Crippen molar-refractivity contribution in [1.29, 1.82) is 0 Å². The van der Waals surface area contributed by atoms with Gasteiger partial charge in [0.15, 0.2) is 0 Å². The van der Waals surface area contributed by atoms with Gasteiger partial charge in [-0.1, -0.05) is 42.8 Å². The minimum absolute atomic E-state index is 0.105. The van der Waals surface area contributed by atoms with Gasteiger partial charge in [0.25, 0.3) is 0 Å². The fraction of sp³-hybridized carbons (Fsp3) is 0.531. The van der Waals surface area contributed by atoms with Gasteiger partial charge in [0.2, 0.25) is 11.8 Å². The molecule has 3 amide bonds. The van der Waals surface area contributed by atoms with E-state index < -0.39 is 29.3 Å². The van der Waals surface area contributed by atoms with Gasteiger partial charge in [-0.3, -0.25) is 9.59 Å². The highest BCUT2D eigenvalue weighted by Crippen LogP contribution is 2.41. The number of amides is 3. The van der Waals surface area contributed by atoms with Crippen molar-refractivity contribution < 1.29 is 24.2 Å². The zero-order valence-corrected chi connectivity index (χ0v) is 25.3. The third kappa shape index (κ3) is 8.47. The zero-order chi connectivity index (χ0) is 30.0. The van der Waals surface area contributed by atoms with Crippen molar-refractivity contribution in [2.75, 3.05) is 0 Å². The number of hydrogen-bond acceptors (Lipinski definition) is 5. The third-order valence-electron chi connectivity index (χ3n) is 6.79. The molecular weight excluding hydrogens is 506 g/mol. The van der Waals surface area contributed by atoms with E-state index in [-0.39, 0.29) is 35.9 Å². The Bertz CT molecular complexity index is 1230. The summed E-state index contributed by atoms with van der Waals surface area (Å²) in [4.78, 5) is 43.1. The summed E-state index contributed by atoms with van der Waals surface area (Å²) < 4.78 is 5.50. The number of nitrogens with zero attached hydrogens (tertiary/aromatic N) is 1. The second kappa shape index (κ2) is 11.9. The van der Waals surface area contributed by atoms with Gasteiger partial charge in [0.05, 0.1) is 0 Å². The Labute approximate surface area is 238 Å². The van der Waals surface area contributed by atoms with E-state index >= 15 is 0 Å². The average Bonchev–Trinajstić information content (AvgIpc) is 3.52. The minimum Gasteiger partial charge on any atom is -0.508 e. The number of carbonyl (C=O) groups excluding carboxylic acids is 3. The standard InChI is InChI=1S/C32H45N3O5/c1-19-10-15-24(20(2)16-19)27(28(37)34-31(4,5)6)35(26-17-21(26)3)29(38)25(33-30(39)40-32(7,8)9)18-22-11-13-23(36)14-12-22/h10-16,21,25-27,36H,17-18H2,1-9H3,(H,33,39)(H,34,37). The van der Waals surface area contributed by atoms with Gasteiger partial charge in [-0.2, -0.15) is 0 Å². The topological polar surface area (TPSA) is 108 Å². The lowest BCUT2D eigenvalue weighted by atomic mass is 9.94. The summed E-state index contributed by atoms with van der Waals surface area (Å²) in [6.45, 7) is 17.0. The molecule has 0 radical (unpaired) electrons.